The van der Waals surface area contributed by atoms with E-state index in [-0.39, 0.29) is 17.9 Å². The number of nitrogens with one attached hydrogen (secondary N) is 2. The molecule has 2 rings (SSSR count). The number of carbonyl (C=O) groups is 2. The Bertz CT molecular complexity index is 502. The Morgan fingerprint density at radius 2 is 1.95 bits per heavy atom. The van der Waals surface area contributed by atoms with Crippen molar-refractivity contribution < 1.29 is 9.59 Å². The van der Waals surface area contributed by atoms with E-state index in [9.17, 15) is 9.59 Å². The SMILES string of the molecule is CCS[C@H]1CCC[C@@H]1NC(=O)c1ccc(NC(C)=O)cc1. The van der Waals surface area contributed by atoms with Crippen LogP contribution in [0.3, 0.4) is 0 Å². The molecule has 4 nitrogen and oxygen atoms in total. The van der Waals surface area contributed by atoms with Crippen molar-refractivity contribution in [3.63, 3.8) is 0 Å². The zero-order valence-corrected chi connectivity index (χ0v) is 13.3. The van der Waals surface area contributed by atoms with Crippen molar-refractivity contribution in [3.05, 3.63) is 29.8 Å². The molecule has 1 aromatic carbocycles. The Morgan fingerprint density at radius 1 is 1.24 bits per heavy atom. The van der Waals surface area contributed by atoms with E-state index < -0.39 is 0 Å². The van der Waals surface area contributed by atoms with Gasteiger partial charge in [0.1, 0.15) is 0 Å². The molecule has 0 heterocycles. The third kappa shape index (κ3) is 4.49. The lowest BCUT2D eigenvalue weighted by Gasteiger charge is -2.20. The van der Waals surface area contributed by atoms with Gasteiger partial charge in [0.15, 0.2) is 0 Å². The topological polar surface area (TPSA) is 58.2 Å². The van der Waals surface area contributed by atoms with E-state index in [1.54, 1.807) is 24.3 Å². The molecule has 1 saturated carbocycles. The highest BCUT2D eigenvalue weighted by Gasteiger charge is 2.28. The van der Waals surface area contributed by atoms with Gasteiger partial charge in [-0.2, -0.15) is 11.8 Å². The predicted octanol–water partition coefficient (Wildman–Crippen LogP) is 3.05. The highest BCUT2D eigenvalue weighted by Crippen LogP contribution is 2.30. The van der Waals surface area contributed by atoms with Crippen molar-refractivity contribution in [2.24, 2.45) is 0 Å². The van der Waals surface area contributed by atoms with Gasteiger partial charge in [0, 0.05) is 29.5 Å². The lowest BCUT2D eigenvalue weighted by Crippen LogP contribution is -2.38. The normalized spacial score (nSPS) is 21.0. The fourth-order valence-electron chi connectivity index (χ4n) is 2.66. The first-order valence-electron chi connectivity index (χ1n) is 7.40. The molecule has 21 heavy (non-hydrogen) atoms. The average Bonchev–Trinajstić information content (AvgIpc) is 2.86. The quantitative estimate of drug-likeness (QED) is 0.879. The van der Waals surface area contributed by atoms with Crippen molar-refractivity contribution >= 4 is 29.3 Å². The minimum absolute atomic E-state index is 0.0296. The van der Waals surface area contributed by atoms with Crippen LogP contribution in [0, 0.1) is 0 Å². The third-order valence-electron chi connectivity index (χ3n) is 3.62. The molecule has 0 radical (unpaired) electrons. The number of anilines is 1. The Labute approximate surface area is 130 Å². The lowest BCUT2D eigenvalue weighted by molar-refractivity contribution is -0.114. The molecule has 0 aliphatic heterocycles. The zero-order chi connectivity index (χ0) is 15.2. The first-order chi connectivity index (χ1) is 10.1. The van der Waals surface area contributed by atoms with E-state index in [1.807, 2.05) is 11.8 Å². The van der Waals surface area contributed by atoms with Crippen molar-refractivity contribution in [2.75, 3.05) is 11.1 Å². The molecule has 1 fully saturated rings. The van der Waals surface area contributed by atoms with Gasteiger partial charge in [-0.1, -0.05) is 13.3 Å². The molecule has 1 aromatic rings. The highest BCUT2D eigenvalue weighted by atomic mass is 32.2. The summed E-state index contributed by atoms with van der Waals surface area (Å²) in [6.45, 7) is 3.62. The monoisotopic (exact) mass is 306 g/mol. The van der Waals surface area contributed by atoms with Crippen molar-refractivity contribution in [1.82, 2.24) is 5.32 Å². The number of thioether (sulfide) groups is 1. The molecule has 1 aliphatic carbocycles. The van der Waals surface area contributed by atoms with Gasteiger partial charge in [-0.3, -0.25) is 9.59 Å². The second kappa shape index (κ2) is 7.50. The van der Waals surface area contributed by atoms with Crippen LogP contribution in [0.2, 0.25) is 0 Å². The van der Waals surface area contributed by atoms with Crippen LogP contribution in [0.25, 0.3) is 0 Å². The molecule has 114 valence electrons. The summed E-state index contributed by atoms with van der Waals surface area (Å²) < 4.78 is 0. The molecule has 0 spiro atoms. The van der Waals surface area contributed by atoms with E-state index in [1.165, 1.54) is 19.8 Å². The van der Waals surface area contributed by atoms with Gasteiger partial charge in [-0.25, -0.2) is 0 Å². The molecular formula is C16H22N2O2S. The van der Waals surface area contributed by atoms with Gasteiger partial charge < -0.3 is 10.6 Å². The first-order valence-corrected chi connectivity index (χ1v) is 8.45. The number of benzene rings is 1. The summed E-state index contributed by atoms with van der Waals surface area (Å²) in [7, 11) is 0. The summed E-state index contributed by atoms with van der Waals surface area (Å²) >= 11 is 1.93. The summed E-state index contributed by atoms with van der Waals surface area (Å²) in [5.74, 6) is 0.943. The van der Waals surface area contributed by atoms with Gasteiger partial charge in [0.05, 0.1) is 0 Å². The van der Waals surface area contributed by atoms with Gasteiger partial charge >= 0.3 is 0 Å². The van der Waals surface area contributed by atoms with Crippen LogP contribution < -0.4 is 10.6 Å². The van der Waals surface area contributed by atoms with Gasteiger partial charge in [0.2, 0.25) is 5.91 Å². The van der Waals surface area contributed by atoms with E-state index in [4.69, 9.17) is 0 Å². The molecule has 2 atom stereocenters. The maximum Gasteiger partial charge on any atom is 0.251 e. The van der Waals surface area contributed by atoms with E-state index >= 15 is 0 Å². The fraction of sp³-hybridized carbons (Fsp3) is 0.500. The molecule has 2 N–H and O–H groups in total. The highest BCUT2D eigenvalue weighted by molar-refractivity contribution is 7.99. The zero-order valence-electron chi connectivity index (χ0n) is 12.5. The fourth-order valence-corrected chi connectivity index (χ4v) is 3.86. The molecule has 1 aliphatic rings. The van der Waals surface area contributed by atoms with Crippen LogP contribution in [0.4, 0.5) is 5.69 Å². The molecule has 0 aromatic heterocycles. The van der Waals surface area contributed by atoms with Gasteiger partial charge in [-0.15, -0.1) is 0 Å². The number of rotatable bonds is 5. The van der Waals surface area contributed by atoms with E-state index in [0.717, 1.165) is 12.2 Å². The molecule has 0 bridgehead atoms. The molecule has 0 saturated heterocycles. The summed E-state index contributed by atoms with van der Waals surface area (Å²) in [6.07, 6.45) is 3.43. The van der Waals surface area contributed by atoms with Crippen LogP contribution in [-0.2, 0) is 4.79 Å². The van der Waals surface area contributed by atoms with Crippen LogP contribution in [0.15, 0.2) is 24.3 Å². The summed E-state index contributed by atoms with van der Waals surface area (Å²) in [4.78, 5) is 23.2. The van der Waals surface area contributed by atoms with E-state index in [2.05, 4.69) is 17.6 Å². The maximum absolute atomic E-state index is 12.3. The first kappa shape index (κ1) is 15.9. The van der Waals surface area contributed by atoms with Crippen molar-refractivity contribution in [1.29, 1.82) is 0 Å². The molecule has 0 unspecified atom stereocenters. The minimum atomic E-state index is -0.113. The largest absolute Gasteiger partial charge is 0.348 e. The Kier molecular flexibility index (Phi) is 5.67. The third-order valence-corrected chi connectivity index (χ3v) is 4.94. The van der Waals surface area contributed by atoms with E-state index in [0.29, 0.717) is 16.5 Å². The standard InChI is InChI=1S/C16H22N2O2S/c1-3-21-15-6-4-5-14(15)18-16(20)12-7-9-13(10-8-12)17-11(2)19/h7-10,14-15H,3-6H2,1-2H3,(H,17,19)(H,18,20)/t14-,15-/m0/s1. The number of carbonyl (C=O) groups excluding carboxylic acids is 2. The van der Waals surface area contributed by atoms with Gasteiger partial charge in [-0.05, 0) is 42.9 Å². The van der Waals surface area contributed by atoms with Crippen LogP contribution in [-0.4, -0.2) is 28.9 Å². The maximum atomic E-state index is 12.3. The molecular weight excluding hydrogens is 284 g/mol. The Hall–Kier alpha value is -1.49. The van der Waals surface area contributed by atoms with Crippen molar-refractivity contribution in [3.8, 4) is 0 Å². The number of amides is 2. The Balaban J connectivity index is 1.95. The minimum Gasteiger partial charge on any atom is -0.348 e. The number of hydrogen-bond donors (Lipinski definition) is 2. The predicted molar refractivity (Wildman–Crippen MR) is 87.8 cm³/mol. The summed E-state index contributed by atoms with van der Waals surface area (Å²) in [6, 6.07) is 7.28. The summed E-state index contributed by atoms with van der Waals surface area (Å²) in [5, 5.41) is 6.38. The second-order valence-electron chi connectivity index (χ2n) is 5.26. The van der Waals surface area contributed by atoms with Crippen molar-refractivity contribution in [2.45, 2.75) is 44.4 Å². The van der Waals surface area contributed by atoms with Gasteiger partial charge in [0.25, 0.3) is 5.91 Å². The van der Waals surface area contributed by atoms with Crippen LogP contribution in [0.1, 0.15) is 43.5 Å². The van der Waals surface area contributed by atoms with Crippen LogP contribution >= 0.6 is 11.8 Å². The number of hydrogen-bond acceptors (Lipinski definition) is 3. The Morgan fingerprint density at radius 3 is 2.57 bits per heavy atom. The molecule has 2 amide bonds. The molecule has 5 heteroatoms. The lowest BCUT2D eigenvalue weighted by atomic mass is 10.1. The summed E-state index contributed by atoms with van der Waals surface area (Å²) in [5.41, 5.74) is 1.34. The second-order valence-corrected chi connectivity index (χ2v) is 6.78. The smallest absolute Gasteiger partial charge is 0.251 e. The average molecular weight is 306 g/mol. The van der Waals surface area contributed by atoms with Crippen LogP contribution in [0.5, 0.6) is 0 Å².